The van der Waals surface area contributed by atoms with Crippen LogP contribution in [0.3, 0.4) is 0 Å². The molecule has 4 rings (SSSR count). The van der Waals surface area contributed by atoms with Gasteiger partial charge in [0.05, 0.1) is 5.56 Å². The van der Waals surface area contributed by atoms with Crippen molar-refractivity contribution in [3.05, 3.63) is 114 Å². The van der Waals surface area contributed by atoms with E-state index in [1.54, 1.807) is 6.20 Å². The summed E-state index contributed by atoms with van der Waals surface area (Å²) in [6.45, 7) is 0.881. The number of rotatable bonds is 8. The van der Waals surface area contributed by atoms with Crippen molar-refractivity contribution in [2.75, 3.05) is 0 Å². The molecule has 30 heavy (non-hydrogen) atoms. The highest BCUT2D eigenvalue weighted by Gasteiger charge is 2.08. The second kappa shape index (κ2) is 9.52. The predicted octanol–water partition coefficient (Wildman–Crippen LogP) is 5.72. The number of pyridine rings is 1. The van der Waals surface area contributed by atoms with Crippen molar-refractivity contribution in [3.8, 4) is 22.8 Å². The molecule has 0 spiro atoms. The van der Waals surface area contributed by atoms with Crippen molar-refractivity contribution in [3.63, 3.8) is 0 Å². The van der Waals surface area contributed by atoms with Gasteiger partial charge in [0, 0.05) is 17.8 Å². The van der Waals surface area contributed by atoms with E-state index in [-0.39, 0.29) is 0 Å². The van der Waals surface area contributed by atoms with Crippen LogP contribution in [-0.4, -0.2) is 11.3 Å². The van der Waals surface area contributed by atoms with Crippen LogP contribution in [0.5, 0.6) is 11.6 Å². The van der Waals surface area contributed by atoms with Crippen LogP contribution < -0.4 is 9.47 Å². The van der Waals surface area contributed by atoms with E-state index in [0.29, 0.717) is 30.4 Å². The maximum absolute atomic E-state index is 11.6. The Hall–Kier alpha value is -3.92. The zero-order valence-corrected chi connectivity index (χ0v) is 16.4. The summed E-state index contributed by atoms with van der Waals surface area (Å²) in [5, 5.41) is 0. The minimum Gasteiger partial charge on any atom is -0.488 e. The third kappa shape index (κ3) is 4.92. The molecule has 0 aliphatic carbocycles. The highest BCUT2D eigenvalue weighted by Crippen LogP contribution is 2.27. The van der Waals surface area contributed by atoms with E-state index in [9.17, 15) is 4.79 Å². The van der Waals surface area contributed by atoms with Gasteiger partial charge in [-0.15, -0.1) is 0 Å². The monoisotopic (exact) mass is 395 g/mol. The van der Waals surface area contributed by atoms with Crippen molar-refractivity contribution in [1.29, 1.82) is 0 Å². The molecule has 4 heteroatoms. The van der Waals surface area contributed by atoms with Crippen molar-refractivity contribution in [1.82, 2.24) is 4.98 Å². The smallest absolute Gasteiger partial charge is 0.213 e. The lowest BCUT2D eigenvalue weighted by Gasteiger charge is -2.11. The second-order valence-corrected chi connectivity index (χ2v) is 6.80. The molecule has 0 amide bonds. The molecule has 0 aliphatic rings. The molecule has 0 atom stereocenters. The number of benzene rings is 3. The van der Waals surface area contributed by atoms with Gasteiger partial charge in [-0.05, 0) is 34.9 Å². The Morgan fingerprint density at radius 2 is 1.33 bits per heavy atom. The molecule has 0 unspecified atom stereocenters. The molecule has 4 aromatic rings. The van der Waals surface area contributed by atoms with Gasteiger partial charge in [-0.25, -0.2) is 4.98 Å². The Labute approximate surface area is 175 Å². The lowest BCUT2D eigenvalue weighted by atomic mass is 10.0. The van der Waals surface area contributed by atoms with Gasteiger partial charge < -0.3 is 9.47 Å². The van der Waals surface area contributed by atoms with Crippen molar-refractivity contribution >= 4 is 6.29 Å². The van der Waals surface area contributed by atoms with Crippen LogP contribution in [0.4, 0.5) is 0 Å². The Kier molecular flexibility index (Phi) is 6.16. The molecule has 1 aromatic heterocycles. The molecule has 4 nitrogen and oxygen atoms in total. The second-order valence-electron chi connectivity index (χ2n) is 6.80. The Bertz CT molecular complexity index is 1090. The fourth-order valence-corrected chi connectivity index (χ4v) is 3.05. The average molecular weight is 395 g/mol. The van der Waals surface area contributed by atoms with Crippen LogP contribution in [0.25, 0.3) is 11.1 Å². The largest absolute Gasteiger partial charge is 0.488 e. The van der Waals surface area contributed by atoms with E-state index in [2.05, 4.69) is 4.98 Å². The van der Waals surface area contributed by atoms with Gasteiger partial charge in [0.15, 0.2) is 6.29 Å². The number of carbonyl (C=O) groups excluding carboxylic acids is 1. The Morgan fingerprint density at radius 1 is 0.700 bits per heavy atom. The number of nitrogens with zero attached hydrogens (tertiary/aromatic N) is 1. The van der Waals surface area contributed by atoms with Gasteiger partial charge in [0.2, 0.25) is 5.88 Å². The number of aldehydes is 1. The summed E-state index contributed by atoms with van der Waals surface area (Å²) in [6.07, 6.45) is 2.56. The number of aromatic nitrogens is 1. The van der Waals surface area contributed by atoms with Crippen LogP contribution in [0.2, 0.25) is 0 Å². The number of ether oxygens (including phenoxy) is 2. The topological polar surface area (TPSA) is 48.4 Å². The zero-order chi connectivity index (χ0) is 20.6. The lowest BCUT2D eigenvalue weighted by molar-refractivity contribution is 0.111. The van der Waals surface area contributed by atoms with Gasteiger partial charge in [0.1, 0.15) is 19.0 Å². The molecule has 148 valence electrons. The van der Waals surface area contributed by atoms with Crippen molar-refractivity contribution in [2.24, 2.45) is 0 Å². The van der Waals surface area contributed by atoms with E-state index in [0.717, 1.165) is 28.5 Å². The predicted molar refractivity (Wildman–Crippen MR) is 117 cm³/mol. The fourth-order valence-electron chi connectivity index (χ4n) is 3.05. The normalized spacial score (nSPS) is 10.4. The van der Waals surface area contributed by atoms with Crippen LogP contribution in [0.1, 0.15) is 21.5 Å². The molecule has 0 aliphatic heterocycles. The van der Waals surface area contributed by atoms with Gasteiger partial charge in [-0.3, -0.25) is 4.79 Å². The maximum Gasteiger partial charge on any atom is 0.213 e. The van der Waals surface area contributed by atoms with E-state index in [4.69, 9.17) is 9.47 Å². The minimum absolute atomic E-state index is 0.413. The first-order valence-corrected chi connectivity index (χ1v) is 9.71. The first kappa shape index (κ1) is 19.4. The quantitative estimate of drug-likeness (QED) is 0.358. The highest BCUT2D eigenvalue weighted by molar-refractivity contribution is 5.83. The zero-order valence-electron chi connectivity index (χ0n) is 16.4. The fraction of sp³-hybridized carbons (Fsp3) is 0.0769. The molecule has 0 fully saturated rings. The van der Waals surface area contributed by atoms with E-state index in [1.165, 1.54) is 0 Å². The molecular formula is C26H21NO3. The summed E-state index contributed by atoms with van der Waals surface area (Å²) in [5.41, 5.74) is 4.44. The standard InChI is InChI=1S/C26H21NO3/c28-17-24-15-22(11-13-25(24)29-18-20-7-3-1-4-8-20)23-12-14-26(27-16-23)30-19-21-9-5-2-6-10-21/h1-17H,18-19H2. The number of hydrogen-bond donors (Lipinski definition) is 0. The highest BCUT2D eigenvalue weighted by atomic mass is 16.5. The van der Waals surface area contributed by atoms with Crippen molar-refractivity contribution in [2.45, 2.75) is 13.2 Å². The van der Waals surface area contributed by atoms with Crippen LogP contribution in [0, 0.1) is 0 Å². The van der Waals surface area contributed by atoms with E-state index in [1.807, 2.05) is 91.0 Å². The summed E-state index contributed by atoms with van der Waals surface area (Å²) in [7, 11) is 0. The molecule has 0 N–H and O–H groups in total. The third-order valence-corrected chi connectivity index (χ3v) is 4.67. The van der Waals surface area contributed by atoms with Gasteiger partial charge in [-0.1, -0.05) is 66.7 Å². The Morgan fingerprint density at radius 3 is 1.93 bits per heavy atom. The molecule has 0 saturated carbocycles. The molecule has 3 aromatic carbocycles. The number of carbonyl (C=O) groups is 1. The first-order chi connectivity index (χ1) is 14.8. The molecule has 0 bridgehead atoms. The van der Waals surface area contributed by atoms with Gasteiger partial charge >= 0.3 is 0 Å². The molecule has 0 radical (unpaired) electrons. The summed E-state index contributed by atoms with van der Waals surface area (Å²) in [5.74, 6) is 1.12. The maximum atomic E-state index is 11.6. The van der Waals surface area contributed by atoms with Gasteiger partial charge in [-0.2, -0.15) is 0 Å². The van der Waals surface area contributed by atoms with Crippen LogP contribution in [-0.2, 0) is 13.2 Å². The summed E-state index contributed by atoms with van der Waals surface area (Å²) in [6, 6.07) is 29.1. The van der Waals surface area contributed by atoms with Gasteiger partial charge in [0.25, 0.3) is 0 Å². The Balaban J connectivity index is 1.43. The first-order valence-electron chi connectivity index (χ1n) is 9.71. The lowest BCUT2D eigenvalue weighted by Crippen LogP contribution is -1.99. The van der Waals surface area contributed by atoms with Crippen LogP contribution >= 0.6 is 0 Å². The molecule has 1 heterocycles. The van der Waals surface area contributed by atoms with E-state index < -0.39 is 0 Å². The van der Waals surface area contributed by atoms with Crippen molar-refractivity contribution < 1.29 is 14.3 Å². The molecule has 0 saturated heterocycles. The molecular weight excluding hydrogens is 374 g/mol. The SMILES string of the molecule is O=Cc1cc(-c2ccc(OCc3ccccc3)nc2)ccc1OCc1ccccc1. The third-order valence-electron chi connectivity index (χ3n) is 4.67. The van der Waals surface area contributed by atoms with Crippen LogP contribution in [0.15, 0.2) is 97.2 Å². The summed E-state index contributed by atoms with van der Waals surface area (Å²) >= 11 is 0. The average Bonchev–Trinajstić information content (AvgIpc) is 2.83. The summed E-state index contributed by atoms with van der Waals surface area (Å²) in [4.78, 5) is 16.0. The van der Waals surface area contributed by atoms with E-state index >= 15 is 0 Å². The minimum atomic E-state index is 0.413. The number of hydrogen-bond acceptors (Lipinski definition) is 4. The summed E-state index contributed by atoms with van der Waals surface area (Å²) < 4.78 is 11.6.